The van der Waals surface area contributed by atoms with Crippen molar-refractivity contribution in [1.29, 1.82) is 0 Å². The lowest BCUT2D eigenvalue weighted by Crippen LogP contribution is -2.11. The molecule has 0 aliphatic carbocycles. The SMILES string of the molecule is c1ccc(N(c2ccc3c(c2)sc2ccccc23)c2cc3c(c4ccccc24)c2c4ccccc4c(N(c4ccccc4)c4ccc5c(c4)sc4ccccc45)cc2n3-c2ccccc2)cc1. The van der Waals surface area contributed by atoms with Gasteiger partial charge in [-0.1, -0.05) is 152 Å². The van der Waals surface area contributed by atoms with Crippen LogP contribution in [0.3, 0.4) is 0 Å². The monoisotopic (exact) mass is 889 g/mol. The van der Waals surface area contributed by atoms with Gasteiger partial charge in [-0.3, -0.25) is 0 Å². The van der Waals surface area contributed by atoms with Crippen molar-refractivity contribution >= 4 is 140 Å². The first kappa shape index (κ1) is 38.1. The lowest BCUT2D eigenvalue weighted by molar-refractivity contribution is 1.18. The van der Waals surface area contributed by atoms with Crippen LogP contribution in [0.5, 0.6) is 0 Å². The lowest BCUT2D eigenvalue weighted by atomic mass is 9.96. The van der Waals surface area contributed by atoms with E-state index in [1.807, 2.05) is 22.7 Å². The Balaban J connectivity index is 1.09. The molecule has 0 saturated carbocycles. The largest absolute Gasteiger partial charge is 0.310 e. The van der Waals surface area contributed by atoms with E-state index in [1.165, 1.54) is 72.7 Å². The minimum absolute atomic E-state index is 1.11. The summed E-state index contributed by atoms with van der Waals surface area (Å²) in [5.74, 6) is 0. The van der Waals surface area contributed by atoms with Gasteiger partial charge in [-0.05, 0) is 95.7 Å². The van der Waals surface area contributed by atoms with Gasteiger partial charge in [-0.25, -0.2) is 0 Å². The van der Waals surface area contributed by atoms with Crippen LogP contribution in [0.4, 0.5) is 34.1 Å². The van der Waals surface area contributed by atoms with Crippen molar-refractivity contribution in [2.75, 3.05) is 9.80 Å². The Morgan fingerprint density at radius 1 is 0.269 bits per heavy atom. The first-order chi connectivity index (χ1) is 33.2. The molecular formula is C62H39N3S2. The second-order valence-electron chi connectivity index (χ2n) is 17.2. The van der Waals surface area contributed by atoms with Crippen molar-refractivity contribution in [2.45, 2.75) is 0 Å². The summed E-state index contributed by atoms with van der Waals surface area (Å²) in [5, 5.41) is 12.5. The normalized spacial score (nSPS) is 11.9. The Labute approximate surface area is 394 Å². The molecule has 0 amide bonds. The molecule has 14 aromatic rings. The third-order valence-corrected chi connectivity index (χ3v) is 15.8. The molecule has 14 rings (SSSR count). The zero-order valence-corrected chi connectivity index (χ0v) is 37.8. The van der Waals surface area contributed by atoms with E-state index >= 15 is 0 Å². The van der Waals surface area contributed by atoms with Gasteiger partial charge >= 0.3 is 0 Å². The van der Waals surface area contributed by atoms with Crippen LogP contribution < -0.4 is 9.80 Å². The molecule has 314 valence electrons. The van der Waals surface area contributed by atoms with E-state index < -0.39 is 0 Å². The van der Waals surface area contributed by atoms with E-state index in [9.17, 15) is 0 Å². The zero-order valence-electron chi connectivity index (χ0n) is 36.2. The Kier molecular flexibility index (Phi) is 8.63. The van der Waals surface area contributed by atoms with Crippen molar-refractivity contribution in [3.05, 3.63) is 237 Å². The smallest absolute Gasteiger partial charge is 0.0568 e. The molecule has 0 N–H and O–H groups in total. The van der Waals surface area contributed by atoms with Crippen LogP contribution in [-0.4, -0.2) is 4.57 Å². The van der Waals surface area contributed by atoms with E-state index in [0.29, 0.717) is 0 Å². The number of anilines is 6. The predicted molar refractivity (Wildman–Crippen MR) is 291 cm³/mol. The average Bonchev–Trinajstić information content (AvgIpc) is 4.06. The zero-order chi connectivity index (χ0) is 44.0. The fourth-order valence-corrected chi connectivity index (χ4v) is 12.9. The van der Waals surface area contributed by atoms with E-state index in [0.717, 1.165) is 50.8 Å². The molecule has 0 atom stereocenters. The summed E-state index contributed by atoms with van der Waals surface area (Å²) < 4.78 is 7.66. The number of hydrogen-bond acceptors (Lipinski definition) is 4. The van der Waals surface area contributed by atoms with E-state index in [-0.39, 0.29) is 0 Å². The maximum Gasteiger partial charge on any atom is 0.0568 e. The van der Waals surface area contributed by atoms with Crippen LogP contribution in [0.25, 0.3) is 89.4 Å². The Bertz CT molecular complexity index is 3970. The molecule has 0 spiro atoms. The Morgan fingerprint density at radius 2 is 0.627 bits per heavy atom. The number of aromatic nitrogens is 1. The van der Waals surface area contributed by atoms with Crippen LogP contribution in [0.2, 0.25) is 0 Å². The highest BCUT2D eigenvalue weighted by molar-refractivity contribution is 7.26. The molecule has 0 aliphatic heterocycles. The fraction of sp³-hybridized carbons (Fsp3) is 0. The second-order valence-corrected chi connectivity index (χ2v) is 19.4. The highest BCUT2D eigenvalue weighted by Crippen LogP contribution is 2.51. The minimum atomic E-state index is 1.11. The fourth-order valence-electron chi connectivity index (χ4n) is 10.6. The third-order valence-electron chi connectivity index (χ3n) is 13.5. The van der Waals surface area contributed by atoms with Crippen molar-refractivity contribution in [2.24, 2.45) is 0 Å². The van der Waals surface area contributed by atoms with E-state index in [1.54, 1.807) is 0 Å². The van der Waals surface area contributed by atoms with Gasteiger partial charge in [0.05, 0.1) is 22.4 Å². The van der Waals surface area contributed by atoms with Crippen LogP contribution in [0.1, 0.15) is 0 Å². The van der Waals surface area contributed by atoms with Crippen LogP contribution in [-0.2, 0) is 0 Å². The highest BCUT2D eigenvalue weighted by Gasteiger charge is 2.26. The second kappa shape index (κ2) is 15.2. The molecule has 3 nitrogen and oxygen atoms in total. The molecule has 67 heavy (non-hydrogen) atoms. The van der Waals surface area contributed by atoms with E-state index in [4.69, 9.17) is 0 Å². The third kappa shape index (κ3) is 5.95. The molecule has 0 fully saturated rings. The topological polar surface area (TPSA) is 11.4 Å². The predicted octanol–water partition coefficient (Wildman–Crippen LogP) is 18.8. The molecule has 0 radical (unpaired) electrons. The Morgan fingerprint density at radius 3 is 1.07 bits per heavy atom. The maximum absolute atomic E-state index is 2.51. The van der Waals surface area contributed by atoms with Crippen molar-refractivity contribution in [1.82, 2.24) is 4.57 Å². The number of nitrogens with zero attached hydrogens (tertiary/aromatic N) is 3. The number of fused-ring (bicyclic) bond motifs is 13. The molecular weight excluding hydrogens is 851 g/mol. The lowest BCUT2D eigenvalue weighted by Gasteiger charge is -2.27. The molecule has 0 unspecified atom stereocenters. The highest BCUT2D eigenvalue weighted by atomic mass is 32.1. The summed E-state index contributed by atoms with van der Waals surface area (Å²) in [6.45, 7) is 0. The van der Waals surface area contributed by atoms with Gasteiger partial charge in [0.2, 0.25) is 0 Å². The van der Waals surface area contributed by atoms with Gasteiger partial charge in [-0.15, -0.1) is 22.7 Å². The van der Waals surface area contributed by atoms with Crippen molar-refractivity contribution in [3.63, 3.8) is 0 Å². The standard InChI is InChI=1S/C62H39N3S2/c1-4-18-40(19-5-1)63(43-32-34-49-47-26-14-16-30-57(47)66-59(49)36-43)53-38-55-61(51-28-12-10-24-45(51)53)62-52-29-13-11-25-46(52)54(39-56(62)65(55)42-22-8-3-9-23-42)64(41-20-6-2-7-21-41)44-33-35-50-48-27-15-17-31-58(48)67-60(50)37-44/h1-39H. The van der Waals surface area contributed by atoms with Gasteiger partial charge in [-0.2, -0.15) is 0 Å². The summed E-state index contributed by atoms with van der Waals surface area (Å²) in [6.07, 6.45) is 0. The molecule has 11 aromatic carbocycles. The van der Waals surface area contributed by atoms with Crippen molar-refractivity contribution in [3.8, 4) is 5.69 Å². The number of rotatable bonds is 7. The van der Waals surface area contributed by atoms with Crippen molar-refractivity contribution < 1.29 is 0 Å². The maximum atomic E-state index is 2.51. The molecule has 3 heterocycles. The van der Waals surface area contributed by atoms with Crippen LogP contribution in [0, 0.1) is 0 Å². The summed E-state index contributed by atoms with van der Waals surface area (Å²) in [5.41, 5.74) is 10.1. The summed E-state index contributed by atoms with van der Waals surface area (Å²) >= 11 is 3.72. The average molecular weight is 890 g/mol. The van der Waals surface area contributed by atoms with Gasteiger partial charge in [0.1, 0.15) is 0 Å². The molecule has 3 aromatic heterocycles. The number of benzene rings is 11. The van der Waals surface area contributed by atoms with Gasteiger partial charge in [0.15, 0.2) is 0 Å². The first-order valence-electron chi connectivity index (χ1n) is 22.8. The van der Waals surface area contributed by atoms with E-state index in [2.05, 4.69) is 251 Å². The summed E-state index contributed by atoms with van der Waals surface area (Å²) in [6, 6.07) is 87.1. The van der Waals surface area contributed by atoms with Gasteiger partial charge < -0.3 is 14.4 Å². The van der Waals surface area contributed by atoms with Crippen LogP contribution in [0.15, 0.2) is 237 Å². The molecule has 0 aliphatic rings. The number of para-hydroxylation sites is 3. The van der Waals surface area contributed by atoms with Gasteiger partial charge in [0, 0.05) is 90.3 Å². The molecule has 0 bridgehead atoms. The number of thiophene rings is 2. The first-order valence-corrected chi connectivity index (χ1v) is 24.4. The quantitative estimate of drug-likeness (QED) is 0.158. The molecule has 0 saturated heterocycles. The summed E-state index contributed by atoms with van der Waals surface area (Å²) in [7, 11) is 0. The van der Waals surface area contributed by atoms with Crippen LogP contribution >= 0.6 is 22.7 Å². The van der Waals surface area contributed by atoms with Gasteiger partial charge in [0.25, 0.3) is 0 Å². The minimum Gasteiger partial charge on any atom is -0.310 e. The summed E-state index contributed by atoms with van der Waals surface area (Å²) in [4.78, 5) is 4.92. The number of hydrogen-bond donors (Lipinski definition) is 0. The Hall–Kier alpha value is -8.22. The molecule has 5 heteroatoms.